The van der Waals surface area contributed by atoms with Crippen molar-refractivity contribution in [1.29, 1.82) is 0 Å². The minimum absolute atomic E-state index is 0.0277. The Hall–Kier alpha value is -2.44. The van der Waals surface area contributed by atoms with Crippen LogP contribution in [0, 0.1) is 13.8 Å². The fourth-order valence-corrected chi connectivity index (χ4v) is 5.02. The Kier molecular flexibility index (Phi) is 6.11. The van der Waals surface area contributed by atoms with E-state index in [1.54, 1.807) is 11.3 Å². The van der Waals surface area contributed by atoms with Gasteiger partial charge in [-0.05, 0) is 56.8 Å². The van der Waals surface area contributed by atoms with Gasteiger partial charge < -0.3 is 5.32 Å². The fraction of sp³-hybridized carbons (Fsp3) is 0.391. The molecule has 4 rings (SSSR count). The van der Waals surface area contributed by atoms with E-state index < -0.39 is 0 Å². The Bertz CT molecular complexity index is 943. The number of hydrogen-bond acceptors (Lipinski definition) is 4. The summed E-state index contributed by atoms with van der Waals surface area (Å²) in [6, 6.07) is 14.7. The number of benzene rings is 1. The van der Waals surface area contributed by atoms with Crippen molar-refractivity contribution in [2.24, 2.45) is 0 Å². The molecular weight excluding hydrogens is 380 g/mol. The van der Waals surface area contributed by atoms with Crippen LogP contribution in [0.15, 0.2) is 47.8 Å². The molecule has 29 heavy (non-hydrogen) atoms. The Morgan fingerprint density at radius 1 is 1.14 bits per heavy atom. The van der Waals surface area contributed by atoms with E-state index in [1.807, 2.05) is 36.7 Å². The Morgan fingerprint density at radius 2 is 1.90 bits per heavy atom. The highest BCUT2D eigenvalue weighted by molar-refractivity contribution is 7.10. The van der Waals surface area contributed by atoms with E-state index in [4.69, 9.17) is 0 Å². The molecule has 0 radical (unpaired) electrons. The molecule has 1 aliphatic heterocycles. The van der Waals surface area contributed by atoms with Gasteiger partial charge in [0.2, 0.25) is 0 Å². The predicted octanol–water partition coefficient (Wildman–Crippen LogP) is 4.18. The van der Waals surface area contributed by atoms with Crippen molar-refractivity contribution in [3.8, 4) is 0 Å². The van der Waals surface area contributed by atoms with E-state index in [0.717, 1.165) is 24.5 Å². The van der Waals surface area contributed by atoms with E-state index in [0.29, 0.717) is 18.7 Å². The summed E-state index contributed by atoms with van der Waals surface area (Å²) in [6.07, 6.45) is 2.47. The zero-order valence-corrected chi connectivity index (χ0v) is 17.9. The second kappa shape index (κ2) is 8.93. The summed E-state index contributed by atoms with van der Waals surface area (Å²) in [6.45, 7) is 7.40. The summed E-state index contributed by atoms with van der Waals surface area (Å²) in [5.41, 5.74) is 3.58. The van der Waals surface area contributed by atoms with Crippen LogP contribution in [0.3, 0.4) is 0 Å². The minimum atomic E-state index is -0.0277. The van der Waals surface area contributed by atoms with Crippen LogP contribution in [0.5, 0.6) is 0 Å². The van der Waals surface area contributed by atoms with Crippen LogP contribution in [0.2, 0.25) is 0 Å². The largest absolute Gasteiger partial charge is 0.350 e. The predicted molar refractivity (Wildman–Crippen MR) is 117 cm³/mol. The number of aromatic nitrogens is 2. The molecule has 6 heteroatoms. The van der Waals surface area contributed by atoms with Crippen molar-refractivity contribution >= 4 is 17.2 Å². The molecule has 0 saturated carbocycles. The molecule has 1 N–H and O–H groups in total. The minimum Gasteiger partial charge on any atom is -0.350 e. The summed E-state index contributed by atoms with van der Waals surface area (Å²) in [4.78, 5) is 16.9. The van der Waals surface area contributed by atoms with Crippen LogP contribution in [0.1, 0.15) is 51.1 Å². The van der Waals surface area contributed by atoms with Crippen LogP contribution in [-0.2, 0) is 6.54 Å². The molecule has 0 bridgehead atoms. The van der Waals surface area contributed by atoms with Gasteiger partial charge in [-0.15, -0.1) is 11.3 Å². The molecule has 0 spiro atoms. The van der Waals surface area contributed by atoms with Crippen molar-refractivity contribution in [3.05, 3.63) is 75.2 Å². The SMILES string of the molecule is Cc1nn(Cc2ccccc2)c(C)c1C(=O)NCC(c1cccs1)N1CCCC1. The maximum Gasteiger partial charge on any atom is 0.255 e. The van der Waals surface area contributed by atoms with Gasteiger partial charge in [0.15, 0.2) is 0 Å². The lowest BCUT2D eigenvalue weighted by Gasteiger charge is -2.27. The van der Waals surface area contributed by atoms with Crippen molar-refractivity contribution < 1.29 is 4.79 Å². The summed E-state index contributed by atoms with van der Waals surface area (Å²) in [5, 5.41) is 9.94. The lowest BCUT2D eigenvalue weighted by atomic mass is 10.1. The highest BCUT2D eigenvalue weighted by Gasteiger charge is 2.26. The molecule has 0 aliphatic carbocycles. The fourth-order valence-electron chi connectivity index (χ4n) is 4.16. The highest BCUT2D eigenvalue weighted by atomic mass is 32.1. The number of hydrogen-bond donors (Lipinski definition) is 1. The van der Waals surface area contributed by atoms with Gasteiger partial charge >= 0.3 is 0 Å². The lowest BCUT2D eigenvalue weighted by Crippen LogP contribution is -2.36. The maximum absolute atomic E-state index is 13.1. The molecule has 3 aromatic rings. The van der Waals surface area contributed by atoms with Gasteiger partial charge in [0.1, 0.15) is 0 Å². The first-order chi connectivity index (χ1) is 14.1. The van der Waals surface area contributed by atoms with Gasteiger partial charge in [0, 0.05) is 17.1 Å². The van der Waals surface area contributed by atoms with Gasteiger partial charge in [-0.25, -0.2) is 0 Å². The van der Waals surface area contributed by atoms with Crippen molar-refractivity contribution in [3.63, 3.8) is 0 Å². The Balaban J connectivity index is 1.48. The van der Waals surface area contributed by atoms with E-state index in [9.17, 15) is 4.79 Å². The van der Waals surface area contributed by atoms with E-state index >= 15 is 0 Å². The summed E-state index contributed by atoms with van der Waals surface area (Å²) >= 11 is 1.77. The number of thiophene rings is 1. The smallest absolute Gasteiger partial charge is 0.255 e. The van der Waals surface area contributed by atoms with Crippen LogP contribution in [0.25, 0.3) is 0 Å². The van der Waals surface area contributed by atoms with Crippen LogP contribution in [0.4, 0.5) is 0 Å². The molecule has 2 aromatic heterocycles. The maximum atomic E-state index is 13.1. The number of nitrogens with one attached hydrogen (secondary N) is 1. The van der Waals surface area contributed by atoms with Crippen molar-refractivity contribution in [1.82, 2.24) is 20.0 Å². The molecule has 1 atom stereocenters. The van der Waals surface area contributed by atoms with Gasteiger partial charge in [-0.3, -0.25) is 14.4 Å². The Morgan fingerprint density at radius 3 is 2.59 bits per heavy atom. The molecule has 1 saturated heterocycles. The zero-order chi connectivity index (χ0) is 20.2. The first-order valence-corrected chi connectivity index (χ1v) is 11.1. The third kappa shape index (κ3) is 4.43. The number of carbonyl (C=O) groups excluding carboxylic acids is 1. The zero-order valence-electron chi connectivity index (χ0n) is 17.1. The molecular formula is C23H28N4OS. The van der Waals surface area contributed by atoms with Crippen molar-refractivity contribution in [2.45, 2.75) is 39.3 Å². The average Bonchev–Trinajstić information content (AvgIpc) is 3.47. The van der Waals surface area contributed by atoms with Gasteiger partial charge in [0.05, 0.1) is 23.8 Å². The topological polar surface area (TPSA) is 50.2 Å². The average molecular weight is 409 g/mol. The summed E-state index contributed by atoms with van der Waals surface area (Å²) < 4.78 is 1.93. The Labute approximate surface area is 176 Å². The van der Waals surface area contributed by atoms with Crippen LogP contribution in [-0.4, -0.2) is 40.2 Å². The number of aryl methyl sites for hydroxylation is 1. The van der Waals surface area contributed by atoms with Gasteiger partial charge in [-0.2, -0.15) is 5.10 Å². The van der Waals surface area contributed by atoms with Crippen molar-refractivity contribution in [2.75, 3.05) is 19.6 Å². The number of nitrogens with zero attached hydrogens (tertiary/aromatic N) is 3. The number of rotatable bonds is 7. The summed E-state index contributed by atoms with van der Waals surface area (Å²) in [5.74, 6) is -0.0277. The number of likely N-dealkylation sites (tertiary alicyclic amines) is 1. The molecule has 1 aliphatic rings. The lowest BCUT2D eigenvalue weighted by molar-refractivity contribution is 0.0937. The standard InChI is InChI=1S/C23H28N4OS/c1-17-22(18(2)27(25-17)16-19-9-4-3-5-10-19)23(28)24-15-20(21-11-8-14-29-21)26-12-6-7-13-26/h3-5,8-11,14,20H,6-7,12-13,15-16H2,1-2H3,(H,24,28). The number of carbonyl (C=O) groups is 1. The third-order valence-electron chi connectivity index (χ3n) is 5.69. The van der Waals surface area contributed by atoms with E-state index in [1.165, 1.54) is 23.3 Å². The van der Waals surface area contributed by atoms with Gasteiger partial charge in [-0.1, -0.05) is 36.4 Å². The molecule has 152 valence electrons. The number of amides is 1. The second-order valence-electron chi connectivity index (χ2n) is 7.67. The first-order valence-electron chi connectivity index (χ1n) is 10.3. The molecule has 1 amide bonds. The molecule has 1 unspecified atom stereocenters. The van der Waals surface area contributed by atoms with Crippen LogP contribution >= 0.6 is 11.3 Å². The van der Waals surface area contributed by atoms with Crippen LogP contribution < -0.4 is 5.32 Å². The first kappa shape index (κ1) is 19.9. The molecule has 5 nitrogen and oxygen atoms in total. The van der Waals surface area contributed by atoms with E-state index in [-0.39, 0.29) is 11.9 Å². The molecule has 1 fully saturated rings. The highest BCUT2D eigenvalue weighted by Crippen LogP contribution is 2.28. The monoisotopic (exact) mass is 408 g/mol. The second-order valence-corrected chi connectivity index (χ2v) is 8.65. The van der Waals surface area contributed by atoms with Gasteiger partial charge in [0.25, 0.3) is 5.91 Å². The third-order valence-corrected chi connectivity index (χ3v) is 6.67. The quantitative estimate of drug-likeness (QED) is 0.638. The summed E-state index contributed by atoms with van der Waals surface area (Å²) in [7, 11) is 0. The molecule has 1 aromatic carbocycles. The molecule has 3 heterocycles. The van der Waals surface area contributed by atoms with E-state index in [2.05, 4.69) is 45.0 Å². The normalized spacial score (nSPS) is 15.5.